The number of amides is 1. The Balaban J connectivity index is 1.38. The molecule has 0 bridgehead atoms. The Labute approximate surface area is 180 Å². The molecular formula is C26H22FN3O. The Morgan fingerprint density at radius 1 is 1.10 bits per heavy atom. The van der Waals surface area contributed by atoms with E-state index in [1.54, 1.807) is 42.6 Å². The van der Waals surface area contributed by atoms with Crippen molar-refractivity contribution in [3.63, 3.8) is 0 Å². The van der Waals surface area contributed by atoms with Gasteiger partial charge >= 0.3 is 0 Å². The summed E-state index contributed by atoms with van der Waals surface area (Å²) in [6.45, 7) is 0. The summed E-state index contributed by atoms with van der Waals surface area (Å²) in [7, 11) is 0. The summed E-state index contributed by atoms with van der Waals surface area (Å²) < 4.78 is 15.1. The number of carbonyl (C=O) groups is 1. The summed E-state index contributed by atoms with van der Waals surface area (Å²) in [5.74, 6) is 0.0466. The Hall–Kier alpha value is -3.52. The number of carbonyl (C=O) groups excluding carboxylic acids is 1. The number of halogens is 1. The maximum absolute atomic E-state index is 15.1. The third kappa shape index (κ3) is 3.70. The van der Waals surface area contributed by atoms with Crippen LogP contribution in [0.2, 0.25) is 0 Å². The predicted molar refractivity (Wildman–Crippen MR) is 116 cm³/mol. The maximum atomic E-state index is 15.1. The summed E-state index contributed by atoms with van der Waals surface area (Å²) in [5.41, 5.74) is 3.59. The summed E-state index contributed by atoms with van der Waals surface area (Å²) in [5, 5.41) is 12.0. The first-order valence-corrected chi connectivity index (χ1v) is 10.7. The fraction of sp³-hybridized carbons (Fsp3) is 0.269. The fourth-order valence-electron chi connectivity index (χ4n) is 4.23. The molecule has 4 nitrogen and oxygen atoms in total. The van der Waals surface area contributed by atoms with Crippen molar-refractivity contribution in [2.45, 2.75) is 43.6 Å². The number of rotatable bonds is 5. The van der Waals surface area contributed by atoms with Crippen molar-refractivity contribution < 1.29 is 9.18 Å². The van der Waals surface area contributed by atoms with Gasteiger partial charge in [-0.15, -0.1) is 0 Å². The number of nitrogens with zero attached hydrogens (tertiary/aromatic N) is 2. The van der Waals surface area contributed by atoms with E-state index in [0.29, 0.717) is 22.6 Å². The molecule has 2 saturated carbocycles. The zero-order valence-electron chi connectivity index (χ0n) is 17.1. The van der Waals surface area contributed by atoms with E-state index in [1.165, 1.54) is 12.8 Å². The highest BCUT2D eigenvalue weighted by Gasteiger charge is 2.40. The van der Waals surface area contributed by atoms with E-state index in [9.17, 15) is 4.79 Å². The molecule has 0 atom stereocenters. The van der Waals surface area contributed by atoms with Crippen LogP contribution in [-0.4, -0.2) is 10.9 Å². The van der Waals surface area contributed by atoms with Crippen molar-refractivity contribution in [1.82, 2.24) is 10.3 Å². The van der Waals surface area contributed by atoms with Crippen LogP contribution in [0.1, 0.15) is 65.2 Å². The van der Waals surface area contributed by atoms with E-state index >= 15 is 4.39 Å². The fourth-order valence-corrected chi connectivity index (χ4v) is 4.23. The zero-order valence-corrected chi connectivity index (χ0v) is 17.1. The normalized spacial score (nSPS) is 16.8. The molecule has 2 aliphatic rings. The van der Waals surface area contributed by atoms with E-state index in [4.69, 9.17) is 5.26 Å². The minimum Gasteiger partial charge on any atom is -0.343 e. The first kappa shape index (κ1) is 19.4. The van der Waals surface area contributed by atoms with Gasteiger partial charge in [0.1, 0.15) is 5.82 Å². The van der Waals surface area contributed by atoms with Gasteiger partial charge in [-0.25, -0.2) is 4.39 Å². The Morgan fingerprint density at radius 2 is 1.87 bits per heavy atom. The van der Waals surface area contributed by atoms with Gasteiger partial charge in [0.05, 0.1) is 17.2 Å². The summed E-state index contributed by atoms with van der Waals surface area (Å²) in [6.07, 6.45) is 6.63. The number of hydrogen-bond donors (Lipinski definition) is 1. The first-order chi connectivity index (χ1) is 15.1. The molecule has 1 amide bonds. The average molecular weight is 411 g/mol. The summed E-state index contributed by atoms with van der Waals surface area (Å²) >= 11 is 0. The Morgan fingerprint density at radius 3 is 2.42 bits per heavy atom. The monoisotopic (exact) mass is 411 g/mol. The van der Waals surface area contributed by atoms with Crippen LogP contribution in [0.3, 0.4) is 0 Å². The van der Waals surface area contributed by atoms with Gasteiger partial charge in [-0.3, -0.25) is 9.78 Å². The van der Waals surface area contributed by atoms with E-state index in [0.717, 1.165) is 36.1 Å². The second-order valence-corrected chi connectivity index (χ2v) is 8.52. The average Bonchev–Trinajstić information content (AvgIpc) is 3.62. The van der Waals surface area contributed by atoms with Crippen molar-refractivity contribution in [2.24, 2.45) is 0 Å². The van der Waals surface area contributed by atoms with Crippen LogP contribution in [0.5, 0.6) is 0 Å². The summed E-state index contributed by atoms with van der Waals surface area (Å²) in [6, 6.07) is 17.7. The number of nitrogens with one attached hydrogen (secondary N) is 1. The van der Waals surface area contributed by atoms with E-state index in [1.807, 2.05) is 24.3 Å². The quantitative estimate of drug-likeness (QED) is 0.607. The Kier molecular flexibility index (Phi) is 4.78. The molecule has 5 heteroatoms. The lowest BCUT2D eigenvalue weighted by Gasteiger charge is -2.43. The third-order valence-electron chi connectivity index (χ3n) is 6.45. The van der Waals surface area contributed by atoms with E-state index < -0.39 is 5.54 Å². The van der Waals surface area contributed by atoms with Gasteiger partial charge in [-0.2, -0.15) is 5.26 Å². The lowest BCUT2D eigenvalue weighted by atomic mass is 9.71. The van der Waals surface area contributed by atoms with Crippen LogP contribution < -0.4 is 5.32 Å². The van der Waals surface area contributed by atoms with Crippen molar-refractivity contribution >= 4 is 5.91 Å². The second kappa shape index (κ2) is 7.63. The minimum absolute atomic E-state index is 0.214. The van der Waals surface area contributed by atoms with Crippen LogP contribution in [0.25, 0.3) is 11.1 Å². The minimum atomic E-state index is -0.557. The van der Waals surface area contributed by atoms with Crippen LogP contribution >= 0.6 is 0 Å². The molecular weight excluding hydrogens is 389 g/mol. The van der Waals surface area contributed by atoms with Gasteiger partial charge in [0.2, 0.25) is 0 Å². The van der Waals surface area contributed by atoms with E-state index in [2.05, 4.69) is 10.3 Å². The maximum Gasteiger partial charge on any atom is 0.251 e. The molecule has 154 valence electrons. The summed E-state index contributed by atoms with van der Waals surface area (Å²) in [4.78, 5) is 17.3. The number of pyridine rings is 1. The highest BCUT2D eigenvalue weighted by molar-refractivity contribution is 5.95. The van der Waals surface area contributed by atoms with Crippen molar-refractivity contribution in [2.75, 3.05) is 0 Å². The topological polar surface area (TPSA) is 65.8 Å². The highest BCUT2D eigenvalue weighted by Crippen LogP contribution is 2.43. The molecule has 1 heterocycles. The Bertz CT molecular complexity index is 1170. The standard InChI is InChI=1S/C26H22FN3O/c27-23-14-21(9-10-22(23)20-8-11-24(29-16-20)18-6-7-18)26(12-1-13-26)30-25(31)19-4-2-17(15-28)3-5-19/h2-5,8-11,14,16,18H,1,6-7,12-13H2,(H,30,31). The van der Waals surface area contributed by atoms with Crippen molar-refractivity contribution in [3.8, 4) is 17.2 Å². The number of benzene rings is 2. The van der Waals surface area contributed by atoms with E-state index in [-0.39, 0.29) is 11.7 Å². The number of hydrogen-bond acceptors (Lipinski definition) is 3. The molecule has 0 spiro atoms. The zero-order chi connectivity index (χ0) is 21.4. The molecule has 2 aliphatic carbocycles. The molecule has 0 radical (unpaired) electrons. The van der Waals surface area contributed by atoms with Gasteiger partial charge in [-0.05, 0) is 74.1 Å². The van der Waals surface area contributed by atoms with Gasteiger partial charge in [-0.1, -0.05) is 18.2 Å². The number of nitriles is 1. The van der Waals surface area contributed by atoms with Gasteiger partial charge in [0.25, 0.3) is 5.91 Å². The predicted octanol–water partition coefficient (Wildman–Crippen LogP) is 5.45. The molecule has 0 saturated heterocycles. The van der Waals surface area contributed by atoms with Gasteiger partial charge in [0.15, 0.2) is 0 Å². The van der Waals surface area contributed by atoms with Crippen LogP contribution in [0.15, 0.2) is 60.8 Å². The van der Waals surface area contributed by atoms with Crippen LogP contribution in [0, 0.1) is 17.1 Å². The molecule has 1 aromatic heterocycles. The van der Waals surface area contributed by atoms with Crippen LogP contribution in [0.4, 0.5) is 4.39 Å². The first-order valence-electron chi connectivity index (χ1n) is 10.7. The van der Waals surface area contributed by atoms with Gasteiger partial charge in [0, 0.05) is 34.5 Å². The highest BCUT2D eigenvalue weighted by atomic mass is 19.1. The molecule has 0 aliphatic heterocycles. The number of aromatic nitrogens is 1. The third-order valence-corrected chi connectivity index (χ3v) is 6.45. The molecule has 3 aromatic rings. The lowest BCUT2D eigenvalue weighted by Crippen LogP contribution is -2.50. The largest absolute Gasteiger partial charge is 0.343 e. The molecule has 2 fully saturated rings. The van der Waals surface area contributed by atoms with Crippen molar-refractivity contribution in [3.05, 3.63) is 89.0 Å². The molecule has 5 rings (SSSR count). The molecule has 2 aromatic carbocycles. The SMILES string of the molecule is N#Cc1ccc(C(=O)NC2(c3ccc(-c4ccc(C5CC5)nc4)c(F)c3)CCC2)cc1. The smallest absolute Gasteiger partial charge is 0.251 e. The molecule has 1 N–H and O–H groups in total. The van der Waals surface area contributed by atoms with Crippen LogP contribution in [-0.2, 0) is 5.54 Å². The van der Waals surface area contributed by atoms with Crippen molar-refractivity contribution in [1.29, 1.82) is 5.26 Å². The second-order valence-electron chi connectivity index (χ2n) is 8.52. The van der Waals surface area contributed by atoms with Gasteiger partial charge < -0.3 is 5.32 Å². The lowest BCUT2D eigenvalue weighted by molar-refractivity contribution is 0.0823. The molecule has 0 unspecified atom stereocenters. The molecule has 31 heavy (non-hydrogen) atoms.